The highest BCUT2D eigenvalue weighted by molar-refractivity contribution is 6.38. The van der Waals surface area contributed by atoms with Crippen molar-refractivity contribution in [1.82, 2.24) is 24.7 Å². The molecule has 0 saturated carbocycles. The molecule has 4 heterocycles. The Labute approximate surface area is 165 Å². The lowest BCUT2D eigenvalue weighted by atomic mass is 10.0. The van der Waals surface area contributed by atoms with E-state index in [1.54, 1.807) is 10.9 Å². The Morgan fingerprint density at radius 1 is 1.32 bits per heavy atom. The standard InChI is InChI=1S/C19H19ClFN7/c1-27-8-12-15(26-27)3-2-10(17(12)20)11-6-24-19-18(11)23-7-16(25-19)28-5-4-14(22)13(21)9-28/h2-3,6-8,13-14H,4-5,9,22H2,1H3,(H,24,25)/t13-,14-/m0/s1. The number of halogens is 2. The summed E-state index contributed by atoms with van der Waals surface area (Å²) in [6.07, 6.45) is 4.96. The van der Waals surface area contributed by atoms with Crippen LogP contribution in [0.2, 0.25) is 5.02 Å². The second-order valence-electron chi connectivity index (χ2n) is 7.20. The van der Waals surface area contributed by atoms with Crippen LogP contribution in [0.4, 0.5) is 10.2 Å². The number of rotatable bonds is 2. The highest BCUT2D eigenvalue weighted by atomic mass is 35.5. The first-order valence-electron chi connectivity index (χ1n) is 9.12. The van der Waals surface area contributed by atoms with Crippen molar-refractivity contribution in [3.05, 3.63) is 35.7 Å². The van der Waals surface area contributed by atoms with Gasteiger partial charge in [-0.05, 0) is 12.5 Å². The van der Waals surface area contributed by atoms with Gasteiger partial charge in [0, 0.05) is 48.5 Å². The number of hydrogen-bond acceptors (Lipinski definition) is 5. The van der Waals surface area contributed by atoms with Crippen molar-refractivity contribution in [2.24, 2.45) is 12.8 Å². The number of benzene rings is 1. The molecular weight excluding hydrogens is 381 g/mol. The molecule has 28 heavy (non-hydrogen) atoms. The van der Waals surface area contributed by atoms with Crippen LogP contribution < -0.4 is 10.6 Å². The van der Waals surface area contributed by atoms with Crippen LogP contribution >= 0.6 is 11.6 Å². The molecule has 4 aromatic rings. The maximum absolute atomic E-state index is 14.0. The normalized spacial score (nSPS) is 20.4. The minimum Gasteiger partial charge on any atom is -0.352 e. The summed E-state index contributed by atoms with van der Waals surface area (Å²) in [7, 11) is 1.87. The molecule has 0 unspecified atom stereocenters. The number of aromatic nitrogens is 5. The first-order valence-corrected chi connectivity index (χ1v) is 9.50. The largest absolute Gasteiger partial charge is 0.352 e. The van der Waals surface area contributed by atoms with Gasteiger partial charge in [0.25, 0.3) is 0 Å². The fourth-order valence-electron chi connectivity index (χ4n) is 3.76. The van der Waals surface area contributed by atoms with Gasteiger partial charge >= 0.3 is 0 Å². The molecule has 2 atom stereocenters. The second kappa shape index (κ2) is 6.42. The third-order valence-corrected chi connectivity index (χ3v) is 5.72. The maximum atomic E-state index is 14.0. The minimum atomic E-state index is -1.06. The fourth-order valence-corrected chi connectivity index (χ4v) is 4.07. The van der Waals surface area contributed by atoms with Gasteiger partial charge < -0.3 is 15.6 Å². The van der Waals surface area contributed by atoms with E-state index in [4.69, 9.17) is 17.3 Å². The lowest BCUT2D eigenvalue weighted by Gasteiger charge is -2.33. The number of anilines is 1. The Balaban J connectivity index is 1.55. The van der Waals surface area contributed by atoms with Crippen molar-refractivity contribution < 1.29 is 4.39 Å². The van der Waals surface area contributed by atoms with Gasteiger partial charge in [0.05, 0.1) is 23.3 Å². The molecule has 0 spiro atoms. The van der Waals surface area contributed by atoms with Crippen molar-refractivity contribution in [2.75, 3.05) is 18.0 Å². The van der Waals surface area contributed by atoms with Gasteiger partial charge in [0.15, 0.2) is 5.65 Å². The average Bonchev–Trinajstić information content (AvgIpc) is 3.27. The molecule has 1 aromatic carbocycles. The van der Waals surface area contributed by atoms with Crippen molar-refractivity contribution in [2.45, 2.75) is 18.6 Å². The van der Waals surface area contributed by atoms with E-state index in [1.807, 2.05) is 36.5 Å². The number of hydrogen-bond donors (Lipinski definition) is 2. The van der Waals surface area contributed by atoms with E-state index in [-0.39, 0.29) is 6.54 Å². The topological polar surface area (TPSA) is 88.7 Å². The number of piperidine rings is 1. The predicted octanol–water partition coefficient (Wildman–Crippen LogP) is 3.04. The average molecular weight is 400 g/mol. The highest BCUT2D eigenvalue weighted by Gasteiger charge is 2.27. The van der Waals surface area contributed by atoms with E-state index >= 15 is 0 Å². The summed E-state index contributed by atoms with van der Waals surface area (Å²) >= 11 is 6.65. The molecule has 3 aromatic heterocycles. The number of fused-ring (bicyclic) bond motifs is 2. The summed E-state index contributed by atoms with van der Waals surface area (Å²) in [5.74, 6) is 0.643. The summed E-state index contributed by atoms with van der Waals surface area (Å²) in [6, 6.07) is 3.47. The van der Waals surface area contributed by atoms with E-state index in [9.17, 15) is 4.39 Å². The molecule has 1 aliphatic heterocycles. The van der Waals surface area contributed by atoms with E-state index in [0.717, 1.165) is 27.5 Å². The molecule has 5 rings (SSSR count). The summed E-state index contributed by atoms with van der Waals surface area (Å²) < 4.78 is 15.7. The highest BCUT2D eigenvalue weighted by Crippen LogP contribution is 2.37. The molecular formula is C19H19ClFN7. The fraction of sp³-hybridized carbons (Fsp3) is 0.316. The number of aryl methyl sites for hydroxylation is 1. The number of nitrogens with zero attached hydrogens (tertiary/aromatic N) is 5. The van der Waals surface area contributed by atoms with Gasteiger partial charge in [-0.1, -0.05) is 17.7 Å². The smallest absolute Gasteiger partial charge is 0.159 e. The summed E-state index contributed by atoms with van der Waals surface area (Å²) in [5, 5.41) is 5.90. The van der Waals surface area contributed by atoms with Crippen molar-refractivity contribution in [3.8, 4) is 11.1 Å². The molecule has 0 bridgehead atoms. The van der Waals surface area contributed by atoms with Crippen LogP contribution in [0.5, 0.6) is 0 Å². The van der Waals surface area contributed by atoms with Gasteiger partial charge in [0.2, 0.25) is 0 Å². The Morgan fingerprint density at radius 3 is 3.00 bits per heavy atom. The molecule has 0 radical (unpaired) electrons. The van der Waals surface area contributed by atoms with E-state index in [0.29, 0.717) is 29.5 Å². The van der Waals surface area contributed by atoms with Crippen LogP contribution in [0.15, 0.2) is 30.7 Å². The van der Waals surface area contributed by atoms with Gasteiger partial charge in [0.1, 0.15) is 17.5 Å². The molecule has 1 aliphatic rings. The molecule has 3 N–H and O–H groups in total. The Hall–Kier alpha value is -2.71. The van der Waals surface area contributed by atoms with Gasteiger partial charge in [-0.15, -0.1) is 0 Å². The van der Waals surface area contributed by atoms with Crippen molar-refractivity contribution >= 4 is 39.5 Å². The SMILES string of the molecule is Cn1cc2c(Cl)c(-c3c[nH]c4nc(N5CC[C@H](N)[C@@H](F)C5)cnc34)ccc2n1. The Kier molecular flexibility index (Phi) is 3.99. The second-order valence-corrected chi connectivity index (χ2v) is 7.58. The molecule has 144 valence electrons. The number of H-pyrrole nitrogens is 1. The van der Waals surface area contributed by atoms with Gasteiger partial charge in [-0.25, -0.2) is 14.4 Å². The summed E-state index contributed by atoms with van der Waals surface area (Å²) in [4.78, 5) is 14.3. The molecule has 1 fully saturated rings. The third kappa shape index (κ3) is 2.71. The van der Waals surface area contributed by atoms with E-state index < -0.39 is 12.2 Å². The van der Waals surface area contributed by atoms with Crippen LogP contribution in [0.1, 0.15) is 6.42 Å². The van der Waals surface area contributed by atoms with Crippen LogP contribution in [-0.2, 0) is 7.05 Å². The first kappa shape index (κ1) is 17.4. The Bertz CT molecular complexity index is 1180. The van der Waals surface area contributed by atoms with Crippen LogP contribution in [0, 0.1) is 0 Å². The van der Waals surface area contributed by atoms with Crippen LogP contribution in [0.3, 0.4) is 0 Å². The molecule has 7 nitrogen and oxygen atoms in total. The number of alkyl halides is 1. The zero-order chi connectivity index (χ0) is 19.4. The molecule has 0 amide bonds. The van der Waals surface area contributed by atoms with E-state index in [1.165, 1.54) is 0 Å². The Morgan fingerprint density at radius 2 is 2.18 bits per heavy atom. The zero-order valence-corrected chi connectivity index (χ0v) is 16.0. The minimum absolute atomic E-state index is 0.235. The number of nitrogens with one attached hydrogen (secondary N) is 1. The van der Waals surface area contributed by atoms with Gasteiger partial charge in [-0.2, -0.15) is 5.10 Å². The molecule has 1 saturated heterocycles. The lowest BCUT2D eigenvalue weighted by molar-refractivity contribution is 0.251. The maximum Gasteiger partial charge on any atom is 0.159 e. The predicted molar refractivity (Wildman–Crippen MR) is 108 cm³/mol. The molecule has 9 heteroatoms. The number of nitrogens with two attached hydrogens (primary N) is 1. The van der Waals surface area contributed by atoms with Crippen LogP contribution in [0.25, 0.3) is 33.2 Å². The van der Waals surface area contributed by atoms with Crippen LogP contribution in [-0.4, -0.2) is 50.0 Å². The first-order chi connectivity index (χ1) is 13.5. The lowest BCUT2D eigenvalue weighted by Crippen LogP contribution is -2.48. The van der Waals surface area contributed by atoms with Crippen molar-refractivity contribution in [1.29, 1.82) is 0 Å². The van der Waals surface area contributed by atoms with Crippen molar-refractivity contribution in [3.63, 3.8) is 0 Å². The summed E-state index contributed by atoms with van der Waals surface area (Å²) in [6.45, 7) is 0.900. The number of aromatic amines is 1. The quantitative estimate of drug-likeness (QED) is 0.541. The van der Waals surface area contributed by atoms with Gasteiger partial charge in [-0.3, -0.25) is 4.68 Å². The third-order valence-electron chi connectivity index (χ3n) is 5.31. The summed E-state index contributed by atoms with van der Waals surface area (Å²) in [5.41, 5.74) is 9.70. The zero-order valence-electron chi connectivity index (χ0n) is 15.2. The molecule has 0 aliphatic carbocycles. The van der Waals surface area contributed by atoms with E-state index in [2.05, 4.69) is 20.1 Å². The monoisotopic (exact) mass is 399 g/mol.